The SMILES string of the molecule is COC(=O)C1=CC(C)C(C)C=C1. The first-order valence-electron chi connectivity index (χ1n) is 4.13. The molecule has 0 fully saturated rings. The lowest BCUT2D eigenvalue weighted by Crippen LogP contribution is -2.12. The van der Waals surface area contributed by atoms with Crippen LogP contribution in [-0.4, -0.2) is 13.1 Å². The Balaban J connectivity index is 2.76. The molecule has 1 aliphatic carbocycles. The highest BCUT2D eigenvalue weighted by Crippen LogP contribution is 2.22. The molecule has 12 heavy (non-hydrogen) atoms. The molecule has 2 atom stereocenters. The molecule has 2 nitrogen and oxygen atoms in total. The fraction of sp³-hybridized carbons (Fsp3) is 0.500. The zero-order valence-electron chi connectivity index (χ0n) is 7.70. The number of methoxy groups -OCH3 is 1. The van der Waals surface area contributed by atoms with Gasteiger partial charge in [-0.2, -0.15) is 0 Å². The van der Waals surface area contributed by atoms with E-state index in [9.17, 15) is 4.79 Å². The third-order valence-electron chi connectivity index (χ3n) is 2.27. The zero-order chi connectivity index (χ0) is 9.14. The Hall–Kier alpha value is -1.05. The van der Waals surface area contributed by atoms with Crippen LogP contribution in [0.2, 0.25) is 0 Å². The van der Waals surface area contributed by atoms with Crippen LogP contribution in [0.15, 0.2) is 23.8 Å². The van der Waals surface area contributed by atoms with Crippen LogP contribution in [0.3, 0.4) is 0 Å². The molecule has 0 aromatic carbocycles. The minimum Gasteiger partial charge on any atom is -0.465 e. The fourth-order valence-electron chi connectivity index (χ4n) is 1.18. The third-order valence-corrected chi connectivity index (χ3v) is 2.27. The van der Waals surface area contributed by atoms with Gasteiger partial charge in [-0.05, 0) is 11.8 Å². The van der Waals surface area contributed by atoms with Crippen molar-refractivity contribution in [2.45, 2.75) is 13.8 Å². The van der Waals surface area contributed by atoms with E-state index in [2.05, 4.69) is 18.6 Å². The van der Waals surface area contributed by atoms with Crippen LogP contribution in [-0.2, 0) is 9.53 Å². The Morgan fingerprint density at radius 2 is 2.08 bits per heavy atom. The molecule has 0 N–H and O–H groups in total. The van der Waals surface area contributed by atoms with E-state index in [1.165, 1.54) is 7.11 Å². The van der Waals surface area contributed by atoms with Gasteiger partial charge in [0.2, 0.25) is 0 Å². The van der Waals surface area contributed by atoms with Crippen molar-refractivity contribution in [2.24, 2.45) is 11.8 Å². The number of allylic oxidation sites excluding steroid dienone is 2. The summed E-state index contributed by atoms with van der Waals surface area (Å²) in [6.45, 7) is 4.23. The van der Waals surface area contributed by atoms with Crippen LogP contribution < -0.4 is 0 Å². The first-order valence-corrected chi connectivity index (χ1v) is 4.13. The van der Waals surface area contributed by atoms with Gasteiger partial charge in [0.25, 0.3) is 0 Å². The van der Waals surface area contributed by atoms with E-state index in [-0.39, 0.29) is 5.97 Å². The van der Waals surface area contributed by atoms with E-state index in [4.69, 9.17) is 0 Å². The maximum atomic E-state index is 11.1. The van der Waals surface area contributed by atoms with Crippen molar-refractivity contribution in [1.82, 2.24) is 0 Å². The Labute approximate surface area is 72.9 Å². The Kier molecular flexibility index (Phi) is 2.69. The highest BCUT2D eigenvalue weighted by Gasteiger charge is 2.16. The maximum Gasteiger partial charge on any atom is 0.337 e. The lowest BCUT2D eigenvalue weighted by Gasteiger charge is -2.17. The predicted molar refractivity (Wildman–Crippen MR) is 47.6 cm³/mol. The number of esters is 1. The van der Waals surface area contributed by atoms with Gasteiger partial charge in [0.1, 0.15) is 0 Å². The van der Waals surface area contributed by atoms with Gasteiger partial charge >= 0.3 is 5.97 Å². The van der Waals surface area contributed by atoms with Crippen molar-refractivity contribution in [3.63, 3.8) is 0 Å². The van der Waals surface area contributed by atoms with Crippen molar-refractivity contribution < 1.29 is 9.53 Å². The molecule has 0 saturated heterocycles. The minimum absolute atomic E-state index is 0.245. The number of carbonyl (C=O) groups excluding carboxylic acids is 1. The average Bonchev–Trinajstić information content (AvgIpc) is 2.08. The monoisotopic (exact) mass is 166 g/mol. The van der Waals surface area contributed by atoms with Gasteiger partial charge in [-0.15, -0.1) is 0 Å². The van der Waals surface area contributed by atoms with Crippen molar-refractivity contribution in [3.8, 4) is 0 Å². The molecular formula is C10H14O2. The fourth-order valence-corrected chi connectivity index (χ4v) is 1.18. The first kappa shape index (κ1) is 9.04. The van der Waals surface area contributed by atoms with E-state index in [1.807, 2.05) is 18.2 Å². The van der Waals surface area contributed by atoms with Crippen molar-refractivity contribution in [1.29, 1.82) is 0 Å². The van der Waals surface area contributed by atoms with E-state index in [0.29, 0.717) is 17.4 Å². The van der Waals surface area contributed by atoms with Gasteiger partial charge < -0.3 is 4.74 Å². The van der Waals surface area contributed by atoms with Crippen molar-refractivity contribution >= 4 is 5.97 Å². The van der Waals surface area contributed by atoms with Crippen LogP contribution in [0.5, 0.6) is 0 Å². The van der Waals surface area contributed by atoms with Gasteiger partial charge in [-0.25, -0.2) is 4.79 Å². The summed E-state index contributed by atoms with van der Waals surface area (Å²) in [5.41, 5.74) is 0.670. The van der Waals surface area contributed by atoms with Crippen molar-refractivity contribution in [2.75, 3.05) is 7.11 Å². The van der Waals surface area contributed by atoms with Crippen LogP contribution in [0.25, 0.3) is 0 Å². The standard InChI is InChI=1S/C10H14O2/c1-7-4-5-9(6-8(7)2)10(11)12-3/h4-8H,1-3H3. The molecule has 2 heteroatoms. The van der Waals surface area contributed by atoms with E-state index in [1.54, 1.807) is 0 Å². The van der Waals surface area contributed by atoms with E-state index < -0.39 is 0 Å². The lowest BCUT2D eigenvalue weighted by atomic mass is 9.89. The molecule has 0 aromatic rings. The predicted octanol–water partition coefficient (Wildman–Crippen LogP) is 1.93. The summed E-state index contributed by atoms with van der Waals surface area (Å²) in [7, 11) is 1.40. The van der Waals surface area contributed by atoms with Gasteiger partial charge in [-0.1, -0.05) is 32.1 Å². The molecule has 0 heterocycles. The summed E-state index contributed by atoms with van der Waals surface area (Å²) < 4.78 is 4.61. The van der Waals surface area contributed by atoms with Gasteiger partial charge in [0, 0.05) is 0 Å². The quantitative estimate of drug-likeness (QED) is 0.556. The molecule has 0 aromatic heterocycles. The average molecular weight is 166 g/mol. The van der Waals surface area contributed by atoms with Gasteiger partial charge in [0.05, 0.1) is 12.7 Å². The Bertz CT molecular complexity index is 238. The van der Waals surface area contributed by atoms with Crippen LogP contribution in [0.4, 0.5) is 0 Å². The largest absolute Gasteiger partial charge is 0.465 e. The lowest BCUT2D eigenvalue weighted by molar-refractivity contribution is -0.135. The topological polar surface area (TPSA) is 26.3 Å². The summed E-state index contributed by atoms with van der Waals surface area (Å²) in [6.07, 6.45) is 5.82. The first-order chi connectivity index (χ1) is 5.65. The summed E-state index contributed by atoms with van der Waals surface area (Å²) >= 11 is 0. The van der Waals surface area contributed by atoms with Crippen LogP contribution in [0, 0.1) is 11.8 Å². The molecule has 0 aliphatic heterocycles. The number of rotatable bonds is 1. The second-order valence-corrected chi connectivity index (χ2v) is 3.19. The van der Waals surface area contributed by atoms with Crippen molar-refractivity contribution in [3.05, 3.63) is 23.8 Å². The molecule has 0 radical (unpaired) electrons. The normalized spacial score (nSPS) is 28.1. The summed E-state index contributed by atoms with van der Waals surface area (Å²) in [5, 5.41) is 0. The zero-order valence-corrected chi connectivity index (χ0v) is 7.70. The van der Waals surface area contributed by atoms with Gasteiger partial charge in [-0.3, -0.25) is 0 Å². The molecule has 0 saturated carbocycles. The highest BCUT2D eigenvalue weighted by atomic mass is 16.5. The second kappa shape index (κ2) is 3.57. The molecule has 0 amide bonds. The number of hydrogen-bond acceptors (Lipinski definition) is 2. The molecule has 2 unspecified atom stereocenters. The molecule has 1 rings (SSSR count). The minimum atomic E-state index is -0.245. The molecule has 1 aliphatic rings. The summed E-state index contributed by atoms with van der Waals surface area (Å²) in [4.78, 5) is 11.1. The van der Waals surface area contributed by atoms with Crippen LogP contribution >= 0.6 is 0 Å². The molecular weight excluding hydrogens is 152 g/mol. The van der Waals surface area contributed by atoms with Crippen LogP contribution in [0.1, 0.15) is 13.8 Å². The number of hydrogen-bond donors (Lipinski definition) is 0. The van der Waals surface area contributed by atoms with E-state index in [0.717, 1.165) is 0 Å². The summed E-state index contributed by atoms with van der Waals surface area (Å²) in [5.74, 6) is 0.688. The molecule has 66 valence electrons. The Morgan fingerprint density at radius 1 is 1.42 bits per heavy atom. The molecule has 0 spiro atoms. The molecule has 0 bridgehead atoms. The smallest absolute Gasteiger partial charge is 0.337 e. The number of carbonyl (C=O) groups is 1. The second-order valence-electron chi connectivity index (χ2n) is 3.19. The highest BCUT2D eigenvalue weighted by molar-refractivity contribution is 5.91. The van der Waals surface area contributed by atoms with Gasteiger partial charge in [0.15, 0.2) is 0 Å². The third kappa shape index (κ3) is 1.76. The van der Waals surface area contributed by atoms with E-state index >= 15 is 0 Å². The summed E-state index contributed by atoms with van der Waals surface area (Å²) in [6, 6.07) is 0. The number of ether oxygens (including phenoxy) is 1. The maximum absolute atomic E-state index is 11.1. The Morgan fingerprint density at radius 3 is 2.58 bits per heavy atom.